The van der Waals surface area contributed by atoms with Crippen molar-refractivity contribution in [2.24, 2.45) is 11.3 Å². The number of rotatable bonds is 8. The van der Waals surface area contributed by atoms with Crippen molar-refractivity contribution < 1.29 is 0 Å². The van der Waals surface area contributed by atoms with Crippen LogP contribution in [0.25, 0.3) is 0 Å². The molecule has 0 saturated carbocycles. The SMILES string of the molecule is CCCNC(CCC(C)C)C(C)(C)CC. The van der Waals surface area contributed by atoms with Gasteiger partial charge in [-0.3, -0.25) is 0 Å². The minimum Gasteiger partial charge on any atom is -0.313 e. The zero-order valence-electron chi connectivity index (χ0n) is 11.7. The van der Waals surface area contributed by atoms with E-state index in [1.807, 2.05) is 0 Å². The van der Waals surface area contributed by atoms with E-state index in [-0.39, 0.29) is 0 Å². The van der Waals surface area contributed by atoms with Gasteiger partial charge in [-0.25, -0.2) is 0 Å². The van der Waals surface area contributed by atoms with Crippen LogP contribution in [-0.2, 0) is 0 Å². The van der Waals surface area contributed by atoms with E-state index >= 15 is 0 Å². The molecule has 0 radical (unpaired) electrons. The normalized spacial score (nSPS) is 14.6. The monoisotopic (exact) mass is 213 g/mol. The summed E-state index contributed by atoms with van der Waals surface area (Å²) >= 11 is 0. The lowest BCUT2D eigenvalue weighted by Gasteiger charge is -2.35. The van der Waals surface area contributed by atoms with Gasteiger partial charge in [-0.15, -0.1) is 0 Å². The summed E-state index contributed by atoms with van der Waals surface area (Å²) in [5.41, 5.74) is 0.435. The van der Waals surface area contributed by atoms with E-state index in [9.17, 15) is 0 Å². The maximum atomic E-state index is 3.72. The van der Waals surface area contributed by atoms with Crippen LogP contribution in [0.2, 0.25) is 0 Å². The fraction of sp³-hybridized carbons (Fsp3) is 1.00. The van der Waals surface area contributed by atoms with Gasteiger partial charge in [0, 0.05) is 6.04 Å². The molecule has 0 fully saturated rings. The topological polar surface area (TPSA) is 12.0 Å². The van der Waals surface area contributed by atoms with E-state index in [1.54, 1.807) is 0 Å². The first-order valence-electron chi connectivity index (χ1n) is 6.67. The molecule has 1 nitrogen and oxygen atoms in total. The van der Waals surface area contributed by atoms with Crippen LogP contribution in [0, 0.1) is 11.3 Å². The fourth-order valence-electron chi connectivity index (χ4n) is 1.83. The molecule has 0 bridgehead atoms. The largest absolute Gasteiger partial charge is 0.313 e. The average molecular weight is 213 g/mol. The molecule has 0 aromatic heterocycles. The molecule has 0 aliphatic carbocycles. The summed E-state index contributed by atoms with van der Waals surface area (Å²) in [7, 11) is 0. The quantitative estimate of drug-likeness (QED) is 0.636. The van der Waals surface area contributed by atoms with E-state index in [0.29, 0.717) is 11.5 Å². The highest BCUT2D eigenvalue weighted by molar-refractivity contribution is 4.83. The predicted molar refractivity (Wildman–Crippen MR) is 70.2 cm³/mol. The summed E-state index contributed by atoms with van der Waals surface area (Å²) in [4.78, 5) is 0. The first kappa shape index (κ1) is 15.0. The summed E-state index contributed by atoms with van der Waals surface area (Å²) < 4.78 is 0. The highest BCUT2D eigenvalue weighted by Crippen LogP contribution is 2.28. The smallest absolute Gasteiger partial charge is 0.0118 e. The molecule has 0 aliphatic heterocycles. The van der Waals surface area contributed by atoms with Crippen LogP contribution < -0.4 is 5.32 Å². The molecular weight excluding hydrogens is 182 g/mol. The molecule has 0 aromatic rings. The van der Waals surface area contributed by atoms with Gasteiger partial charge >= 0.3 is 0 Å². The van der Waals surface area contributed by atoms with Crippen molar-refractivity contribution in [1.29, 1.82) is 0 Å². The van der Waals surface area contributed by atoms with E-state index in [0.717, 1.165) is 12.5 Å². The molecule has 0 heterocycles. The van der Waals surface area contributed by atoms with Crippen molar-refractivity contribution in [2.75, 3.05) is 6.54 Å². The Kier molecular flexibility index (Phi) is 7.25. The van der Waals surface area contributed by atoms with Crippen molar-refractivity contribution in [1.82, 2.24) is 5.32 Å². The Bertz CT molecular complexity index is 149. The molecule has 1 unspecified atom stereocenters. The molecule has 0 saturated heterocycles. The minimum absolute atomic E-state index is 0.435. The van der Waals surface area contributed by atoms with Crippen LogP contribution in [0.5, 0.6) is 0 Å². The van der Waals surface area contributed by atoms with Gasteiger partial charge in [0.25, 0.3) is 0 Å². The van der Waals surface area contributed by atoms with E-state index < -0.39 is 0 Å². The van der Waals surface area contributed by atoms with Crippen LogP contribution >= 0.6 is 0 Å². The molecule has 0 aliphatic rings. The van der Waals surface area contributed by atoms with E-state index in [1.165, 1.54) is 25.7 Å². The molecule has 0 rings (SSSR count). The molecular formula is C14H31N. The minimum atomic E-state index is 0.435. The molecule has 0 spiro atoms. The summed E-state index contributed by atoms with van der Waals surface area (Å²) in [6.07, 6.45) is 5.15. The Hall–Kier alpha value is -0.0400. The zero-order valence-corrected chi connectivity index (χ0v) is 11.7. The van der Waals surface area contributed by atoms with Crippen LogP contribution in [0.15, 0.2) is 0 Å². The molecule has 15 heavy (non-hydrogen) atoms. The Labute approximate surface area is 97.0 Å². The molecule has 1 N–H and O–H groups in total. The fourth-order valence-corrected chi connectivity index (χ4v) is 1.83. The van der Waals surface area contributed by atoms with E-state index in [4.69, 9.17) is 0 Å². The maximum absolute atomic E-state index is 3.72. The van der Waals surface area contributed by atoms with E-state index in [2.05, 4.69) is 46.9 Å². The van der Waals surface area contributed by atoms with Gasteiger partial charge in [0.05, 0.1) is 0 Å². The van der Waals surface area contributed by atoms with Crippen LogP contribution in [-0.4, -0.2) is 12.6 Å². The Morgan fingerprint density at radius 1 is 1.07 bits per heavy atom. The Balaban J connectivity index is 4.17. The lowest BCUT2D eigenvalue weighted by molar-refractivity contribution is 0.211. The molecule has 1 atom stereocenters. The highest BCUT2D eigenvalue weighted by atomic mass is 14.9. The summed E-state index contributed by atoms with van der Waals surface area (Å²) in [5.74, 6) is 0.823. The van der Waals surface area contributed by atoms with Crippen molar-refractivity contribution >= 4 is 0 Å². The summed E-state index contributed by atoms with van der Waals surface area (Å²) in [6, 6.07) is 0.685. The summed E-state index contributed by atoms with van der Waals surface area (Å²) in [5, 5.41) is 3.72. The second-order valence-electron chi connectivity index (χ2n) is 5.82. The van der Waals surface area contributed by atoms with Gasteiger partial charge in [-0.05, 0) is 43.6 Å². The summed E-state index contributed by atoms with van der Waals surface area (Å²) in [6.45, 7) is 15.1. The second-order valence-corrected chi connectivity index (χ2v) is 5.82. The molecule has 0 aromatic carbocycles. The molecule has 92 valence electrons. The van der Waals surface area contributed by atoms with Crippen LogP contribution in [0.1, 0.15) is 67.2 Å². The van der Waals surface area contributed by atoms with Crippen LogP contribution in [0.4, 0.5) is 0 Å². The third-order valence-corrected chi connectivity index (χ3v) is 3.53. The van der Waals surface area contributed by atoms with Crippen molar-refractivity contribution in [3.8, 4) is 0 Å². The van der Waals surface area contributed by atoms with Gasteiger partial charge < -0.3 is 5.32 Å². The molecule has 0 amide bonds. The second kappa shape index (κ2) is 7.27. The van der Waals surface area contributed by atoms with Crippen molar-refractivity contribution in [3.63, 3.8) is 0 Å². The third-order valence-electron chi connectivity index (χ3n) is 3.53. The van der Waals surface area contributed by atoms with Gasteiger partial charge in [0.1, 0.15) is 0 Å². The van der Waals surface area contributed by atoms with Crippen molar-refractivity contribution in [3.05, 3.63) is 0 Å². The lowest BCUT2D eigenvalue weighted by Crippen LogP contribution is -2.42. The molecule has 1 heteroatoms. The maximum Gasteiger partial charge on any atom is 0.0118 e. The van der Waals surface area contributed by atoms with Crippen molar-refractivity contribution in [2.45, 2.75) is 73.3 Å². The third kappa shape index (κ3) is 6.19. The van der Waals surface area contributed by atoms with Gasteiger partial charge in [0.15, 0.2) is 0 Å². The number of hydrogen-bond acceptors (Lipinski definition) is 1. The number of nitrogens with one attached hydrogen (secondary N) is 1. The standard InChI is InChI=1S/C14H31N/c1-7-11-15-13(10-9-12(3)4)14(5,6)8-2/h12-13,15H,7-11H2,1-6H3. The average Bonchev–Trinajstić information content (AvgIpc) is 2.17. The zero-order chi connectivity index (χ0) is 11.9. The van der Waals surface area contributed by atoms with Crippen LogP contribution in [0.3, 0.4) is 0 Å². The Morgan fingerprint density at radius 2 is 1.67 bits per heavy atom. The van der Waals surface area contributed by atoms with Gasteiger partial charge in [0.2, 0.25) is 0 Å². The van der Waals surface area contributed by atoms with Gasteiger partial charge in [-0.2, -0.15) is 0 Å². The first-order valence-corrected chi connectivity index (χ1v) is 6.67. The highest BCUT2D eigenvalue weighted by Gasteiger charge is 2.26. The number of hydrogen-bond donors (Lipinski definition) is 1. The Morgan fingerprint density at radius 3 is 2.07 bits per heavy atom. The lowest BCUT2D eigenvalue weighted by atomic mass is 9.79. The predicted octanol–water partition coefficient (Wildman–Crippen LogP) is 4.23. The first-order chi connectivity index (χ1) is 6.94. The van der Waals surface area contributed by atoms with Gasteiger partial charge in [-0.1, -0.05) is 41.5 Å².